The maximum atomic E-state index is 6.55. The fraction of sp³-hybridized carbons (Fsp3) is 0.500. The Morgan fingerprint density at radius 2 is 2.00 bits per heavy atom. The lowest BCUT2D eigenvalue weighted by molar-refractivity contribution is -0.0752. The van der Waals surface area contributed by atoms with E-state index < -0.39 is 8.07 Å². The first-order valence-electron chi connectivity index (χ1n) is 8.26. The van der Waals surface area contributed by atoms with Crippen LogP contribution in [0.5, 0.6) is 0 Å². The van der Waals surface area contributed by atoms with E-state index in [2.05, 4.69) is 77.7 Å². The van der Waals surface area contributed by atoms with Crippen LogP contribution in [0.2, 0.25) is 19.1 Å². The lowest BCUT2D eigenvalue weighted by Crippen LogP contribution is -2.44. The highest BCUT2D eigenvalue weighted by atomic mass is 28.3. The number of hydrogen-bond acceptors (Lipinski definition) is 1. The molecule has 2 atom stereocenters. The second kappa shape index (κ2) is 4.69. The molecular weight excluding hydrogens is 284 g/mol. The van der Waals surface area contributed by atoms with E-state index in [1.54, 1.807) is 5.19 Å². The molecule has 0 radical (unpaired) electrons. The lowest BCUT2D eigenvalue weighted by Gasteiger charge is -2.38. The Morgan fingerprint density at radius 1 is 1.32 bits per heavy atom. The zero-order valence-corrected chi connectivity index (χ0v) is 15.8. The summed E-state index contributed by atoms with van der Waals surface area (Å²) < 4.78 is 6.55. The van der Waals surface area contributed by atoms with Crippen LogP contribution in [0, 0.1) is 12.3 Å². The molecule has 2 bridgehead atoms. The summed E-state index contributed by atoms with van der Waals surface area (Å²) >= 11 is 0. The summed E-state index contributed by atoms with van der Waals surface area (Å²) in [6.07, 6.45) is 6.79. The van der Waals surface area contributed by atoms with Crippen molar-refractivity contribution in [3.05, 3.63) is 53.6 Å². The van der Waals surface area contributed by atoms with Crippen LogP contribution in [0.4, 0.5) is 0 Å². The molecule has 2 unspecified atom stereocenters. The second-order valence-corrected chi connectivity index (χ2v) is 13.2. The van der Waals surface area contributed by atoms with Gasteiger partial charge in [0.2, 0.25) is 0 Å². The van der Waals surface area contributed by atoms with Gasteiger partial charge in [-0.15, -0.1) is 6.58 Å². The van der Waals surface area contributed by atoms with Crippen LogP contribution in [0.25, 0.3) is 0 Å². The third-order valence-corrected chi connectivity index (χ3v) is 8.51. The molecule has 2 aliphatic rings. The van der Waals surface area contributed by atoms with E-state index in [1.165, 1.54) is 16.7 Å². The van der Waals surface area contributed by atoms with Crippen LogP contribution in [-0.4, -0.2) is 8.07 Å². The molecule has 0 amide bonds. The standard InChI is InChI=1S/C20H28OSi/c1-8-11-22(6,7)17-13-14(2)12-15-18(17)16-9-10-20(15,21-16)19(3,4)5/h8-10,12-13,16H,1,11H2,2-7H3. The number of allylic oxidation sites excluding steroid dienone is 1. The largest absolute Gasteiger partial charge is 0.354 e. The average molecular weight is 313 g/mol. The molecule has 2 heterocycles. The fourth-order valence-corrected chi connectivity index (χ4v) is 6.65. The van der Waals surface area contributed by atoms with Crippen LogP contribution < -0.4 is 5.19 Å². The SMILES string of the molecule is C=CC[Si](C)(C)c1cc(C)cc2c1C1C=CC2(C(C)(C)C)O1. The molecule has 2 aliphatic heterocycles. The second-order valence-electron chi connectivity index (χ2n) is 8.53. The van der Waals surface area contributed by atoms with Gasteiger partial charge in [-0.05, 0) is 35.6 Å². The minimum absolute atomic E-state index is 0.0543. The third kappa shape index (κ3) is 2.00. The summed E-state index contributed by atoms with van der Waals surface area (Å²) in [6.45, 7) is 17.9. The van der Waals surface area contributed by atoms with Crippen LogP contribution in [0.3, 0.4) is 0 Å². The van der Waals surface area contributed by atoms with Crippen molar-refractivity contribution < 1.29 is 4.74 Å². The topological polar surface area (TPSA) is 9.23 Å². The van der Waals surface area contributed by atoms with Gasteiger partial charge in [-0.3, -0.25) is 0 Å². The summed E-state index contributed by atoms with van der Waals surface area (Å²) in [5, 5.41) is 1.56. The number of benzene rings is 1. The minimum atomic E-state index is -1.53. The average Bonchev–Trinajstić information content (AvgIpc) is 2.95. The van der Waals surface area contributed by atoms with Crippen molar-refractivity contribution in [1.82, 2.24) is 0 Å². The minimum Gasteiger partial charge on any atom is -0.354 e. The third-order valence-electron chi connectivity index (χ3n) is 5.33. The number of ether oxygens (including phenoxy) is 1. The lowest BCUT2D eigenvalue weighted by atomic mass is 9.70. The van der Waals surface area contributed by atoms with Crippen LogP contribution >= 0.6 is 0 Å². The van der Waals surface area contributed by atoms with Gasteiger partial charge in [0.15, 0.2) is 0 Å². The smallest absolute Gasteiger partial charge is 0.118 e. The Hall–Kier alpha value is -1.12. The molecule has 0 aromatic heterocycles. The van der Waals surface area contributed by atoms with Crippen LogP contribution in [-0.2, 0) is 10.3 Å². The summed E-state index contributed by atoms with van der Waals surface area (Å²) in [5.41, 5.74) is 4.02. The highest BCUT2D eigenvalue weighted by molar-refractivity contribution is 6.90. The van der Waals surface area contributed by atoms with Crippen molar-refractivity contribution in [2.24, 2.45) is 5.41 Å². The van der Waals surface area contributed by atoms with Crippen molar-refractivity contribution in [3.63, 3.8) is 0 Å². The van der Waals surface area contributed by atoms with Crippen molar-refractivity contribution >= 4 is 13.3 Å². The van der Waals surface area contributed by atoms with Gasteiger partial charge in [0.05, 0.1) is 8.07 Å². The normalized spacial score (nSPS) is 26.4. The fourth-order valence-electron chi connectivity index (χ4n) is 4.08. The Bertz CT molecular complexity index is 663. The zero-order chi connectivity index (χ0) is 16.3. The molecule has 0 aliphatic carbocycles. The van der Waals surface area contributed by atoms with E-state index in [9.17, 15) is 0 Å². The molecule has 0 saturated heterocycles. The van der Waals surface area contributed by atoms with E-state index >= 15 is 0 Å². The number of aryl methyl sites for hydroxylation is 1. The molecule has 118 valence electrons. The van der Waals surface area contributed by atoms with E-state index in [0.29, 0.717) is 0 Å². The monoisotopic (exact) mass is 312 g/mol. The molecule has 0 spiro atoms. The highest BCUT2D eigenvalue weighted by Crippen LogP contribution is 2.58. The number of rotatable bonds is 3. The van der Waals surface area contributed by atoms with Gasteiger partial charge in [0.1, 0.15) is 11.7 Å². The van der Waals surface area contributed by atoms with Crippen molar-refractivity contribution in [2.45, 2.75) is 58.5 Å². The number of hydrogen-bond donors (Lipinski definition) is 0. The maximum Gasteiger partial charge on any atom is 0.118 e. The van der Waals surface area contributed by atoms with Gasteiger partial charge in [-0.1, -0.05) is 68.9 Å². The summed E-state index contributed by atoms with van der Waals surface area (Å²) in [4.78, 5) is 0. The summed E-state index contributed by atoms with van der Waals surface area (Å²) in [5.74, 6) is 0. The van der Waals surface area contributed by atoms with Gasteiger partial charge in [0, 0.05) is 0 Å². The van der Waals surface area contributed by atoms with Crippen molar-refractivity contribution in [2.75, 3.05) is 0 Å². The molecule has 0 N–H and O–H groups in total. The van der Waals surface area contributed by atoms with Crippen LogP contribution in [0.1, 0.15) is 43.6 Å². The van der Waals surface area contributed by atoms with Gasteiger partial charge in [0.25, 0.3) is 0 Å². The molecule has 0 fully saturated rings. The molecule has 1 aromatic carbocycles. The Labute approximate surface area is 136 Å². The number of fused-ring (bicyclic) bond motifs is 5. The molecular formula is C20H28OSi. The van der Waals surface area contributed by atoms with Crippen molar-refractivity contribution in [3.8, 4) is 0 Å². The quantitative estimate of drug-likeness (QED) is 0.565. The molecule has 3 rings (SSSR count). The van der Waals surface area contributed by atoms with E-state index in [0.717, 1.165) is 6.04 Å². The van der Waals surface area contributed by atoms with Gasteiger partial charge < -0.3 is 4.74 Å². The summed E-state index contributed by atoms with van der Waals surface area (Å²) in [7, 11) is -1.53. The first kappa shape index (κ1) is 15.8. The van der Waals surface area contributed by atoms with Gasteiger partial charge >= 0.3 is 0 Å². The molecule has 1 nitrogen and oxygen atoms in total. The van der Waals surface area contributed by atoms with Gasteiger partial charge in [-0.25, -0.2) is 0 Å². The first-order chi connectivity index (χ1) is 10.1. The maximum absolute atomic E-state index is 6.55. The Balaban J connectivity index is 2.26. The molecule has 1 aromatic rings. The predicted molar refractivity (Wildman–Crippen MR) is 97.4 cm³/mol. The highest BCUT2D eigenvalue weighted by Gasteiger charge is 2.55. The van der Waals surface area contributed by atoms with Crippen LogP contribution in [0.15, 0.2) is 36.9 Å². The van der Waals surface area contributed by atoms with Gasteiger partial charge in [-0.2, -0.15) is 0 Å². The molecule has 2 heteroatoms. The Kier molecular flexibility index (Phi) is 3.36. The summed E-state index contributed by atoms with van der Waals surface area (Å²) in [6, 6.07) is 5.87. The van der Waals surface area contributed by atoms with E-state index in [-0.39, 0.29) is 17.1 Å². The predicted octanol–water partition coefficient (Wildman–Crippen LogP) is 4.98. The van der Waals surface area contributed by atoms with Crippen molar-refractivity contribution in [1.29, 1.82) is 0 Å². The zero-order valence-electron chi connectivity index (χ0n) is 14.8. The van der Waals surface area contributed by atoms with E-state index in [4.69, 9.17) is 4.74 Å². The molecule has 0 saturated carbocycles. The Morgan fingerprint density at radius 3 is 2.59 bits per heavy atom. The van der Waals surface area contributed by atoms with E-state index in [1.807, 2.05) is 0 Å². The molecule has 22 heavy (non-hydrogen) atoms. The first-order valence-corrected chi connectivity index (χ1v) is 11.5.